The van der Waals surface area contributed by atoms with Crippen molar-refractivity contribution in [1.29, 1.82) is 0 Å². The molecule has 3 nitrogen and oxygen atoms in total. The van der Waals surface area contributed by atoms with E-state index in [9.17, 15) is 5.11 Å². The smallest absolute Gasteiger partial charge is 0.138 e. The van der Waals surface area contributed by atoms with Gasteiger partial charge in [-0.05, 0) is 50.5 Å². The van der Waals surface area contributed by atoms with E-state index in [-0.39, 0.29) is 0 Å². The average molecular weight is 331 g/mol. The minimum atomic E-state index is -0.521. The van der Waals surface area contributed by atoms with Crippen molar-refractivity contribution in [3.05, 3.63) is 29.1 Å². The number of hydrogen-bond acceptors (Lipinski definition) is 2. The number of nitrogens with zero attached hydrogens (tertiary/aromatic N) is 2. The van der Waals surface area contributed by atoms with Crippen LogP contribution < -0.4 is 0 Å². The fourth-order valence-corrected chi connectivity index (χ4v) is 3.36. The summed E-state index contributed by atoms with van der Waals surface area (Å²) in [6.45, 7) is 9.29. The molecule has 2 rings (SSSR count). The molecule has 0 amide bonds. The van der Waals surface area contributed by atoms with Crippen molar-refractivity contribution in [1.82, 2.24) is 9.55 Å². The molecule has 0 fully saturated rings. The standard InChI is InChI=1S/C21H34N2O/c1-5-6-7-8-9-10-11-12-13-23-20-15-17(3)16(2)14-19(20)22-21(23)18(4)24/h14-15,18,24H,5-13H2,1-4H3. The SMILES string of the molecule is CCCCCCCCCCn1c(C(C)O)nc2cc(C)c(C)cc21. The number of hydrogen-bond donors (Lipinski definition) is 1. The molecule has 0 saturated carbocycles. The number of imidazole rings is 1. The maximum absolute atomic E-state index is 10.1. The Hall–Kier alpha value is -1.35. The number of fused-ring (bicyclic) bond motifs is 1. The van der Waals surface area contributed by atoms with E-state index in [0.717, 1.165) is 29.8 Å². The zero-order valence-electron chi connectivity index (χ0n) is 15.9. The van der Waals surface area contributed by atoms with Gasteiger partial charge in [-0.15, -0.1) is 0 Å². The van der Waals surface area contributed by atoms with E-state index in [1.165, 1.54) is 56.1 Å². The molecule has 1 N–H and O–H groups in total. The van der Waals surface area contributed by atoms with Crippen molar-refractivity contribution >= 4 is 11.0 Å². The first kappa shape index (κ1) is 19.0. The lowest BCUT2D eigenvalue weighted by Gasteiger charge is -2.11. The third-order valence-electron chi connectivity index (χ3n) is 5.00. The molecule has 0 spiro atoms. The molecule has 0 aliphatic rings. The zero-order valence-corrected chi connectivity index (χ0v) is 15.9. The van der Waals surface area contributed by atoms with Crippen LogP contribution >= 0.6 is 0 Å². The molecule has 1 atom stereocenters. The summed E-state index contributed by atoms with van der Waals surface area (Å²) in [6, 6.07) is 4.36. The number of benzene rings is 1. The average Bonchev–Trinajstić information content (AvgIpc) is 2.88. The van der Waals surface area contributed by atoms with Crippen LogP contribution in [0, 0.1) is 13.8 Å². The number of rotatable bonds is 10. The predicted octanol–water partition coefficient (Wildman–Crippen LogP) is 5.85. The Labute approximate surface area is 147 Å². The van der Waals surface area contributed by atoms with Crippen molar-refractivity contribution in [3.8, 4) is 0 Å². The fourth-order valence-electron chi connectivity index (χ4n) is 3.36. The Balaban J connectivity index is 1.97. The number of aliphatic hydroxyl groups is 1. The molecule has 1 aromatic carbocycles. The third-order valence-corrected chi connectivity index (χ3v) is 5.00. The zero-order chi connectivity index (χ0) is 17.5. The second kappa shape index (κ2) is 9.22. The van der Waals surface area contributed by atoms with Crippen molar-refractivity contribution in [2.75, 3.05) is 0 Å². The van der Waals surface area contributed by atoms with Gasteiger partial charge in [-0.1, -0.05) is 51.9 Å². The molecule has 24 heavy (non-hydrogen) atoms. The molecule has 1 unspecified atom stereocenters. The van der Waals surface area contributed by atoms with Crippen LogP contribution in [0.4, 0.5) is 0 Å². The first-order valence-electron chi connectivity index (χ1n) is 9.70. The highest BCUT2D eigenvalue weighted by atomic mass is 16.3. The summed E-state index contributed by atoms with van der Waals surface area (Å²) >= 11 is 0. The molecule has 0 saturated heterocycles. The van der Waals surface area contributed by atoms with Gasteiger partial charge in [0.2, 0.25) is 0 Å². The molecule has 1 heterocycles. The second-order valence-electron chi connectivity index (χ2n) is 7.20. The van der Waals surface area contributed by atoms with Crippen LogP contribution in [0.25, 0.3) is 11.0 Å². The molecule has 0 radical (unpaired) electrons. The van der Waals surface area contributed by atoms with Crippen LogP contribution in [0.15, 0.2) is 12.1 Å². The maximum Gasteiger partial charge on any atom is 0.138 e. The van der Waals surface area contributed by atoms with Crippen molar-refractivity contribution in [2.24, 2.45) is 0 Å². The highest BCUT2D eigenvalue weighted by molar-refractivity contribution is 5.78. The van der Waals surface area contributed by atoms with E-state index >= 15 is 0 Å². The van der Waals surface area contributed by atoms with Crippen LogP contribution in [0.5, 0.6) is 0 Å². The number of aryl methyl sites for hydroxylation is 3. The van der Waals surface area contributed by atoms with Crippen LogP contribution in [-0.2, 0) is 6.54 Å². The predicted molar refractivity (Wildman–Crippen MR) is 102 cm³/mol. The summed E-state index contributed by atoms with van der Waals surface area (Å²) in [5.74, 6) is 0.804. The van der Waals surface area contributed by atoms with E-state index in [1.54, 1.807) is 0 Å². The summed E-state index contributed by atoms with van der Waals surface area (Å²) in [5, 5.41) is 10.1. The topological polar surface area (TPSA) is 38.0 Å². The summed E-state index contributed by atoms with van der Waals surface area (Å²) in [5.41, 5.74) is 4.72. The molecular weight excluding hydrogens is 296 g/mol. The molecule has 0 bridgehead atoms. The van der Waals surface area contributed by atoms with Gasteiger partial charge in [-0.2, -0.15) is 0 Å². The quantitative estimate of drug-likeness (QED) is 0.555. The van der Waals surface area contributed by atoms with Gasteiger partial charge in [0.15, 0.2) is 0 Å². The summed E-state index contributed by atoms with van der Waals surface area (Å²) < 4.78 is 2.23. The normalized spacial score (nSPS) is 12.9. The van der Waals surface area contributed by atoms with E-state index in [4.69, 9.17) is 0 Å². The van der Waals surface area contributed by atoms with Gasteiger partial charge in [0.25, 0.3) is 0 Å². The Morgan fingerprint density at radius 3 is 2.17 bits per heavy atom. The molecule has 0 aliphatic carbocycles. The minimum absolute atomic E-state index is 0.521. The minimum Gasteiger partial charge on any atom is -0.385 e. The summed E-state index contributed by atoms with van der Waals surface area (Å²) in [7, 11) is 0. The van der Waals surface area contributed by atoms with Gasteiger partial charge in [0.05, 0.1) is 11.0 Å². The Morgan fingerprint density at radius 1 is 0.958 bits per heavy atom. The lowest BCUT2D eigenvalue weighted by atomic mass is 10.1. The molecule has 3 heteroatoms. The summed E-state index contributed by atoms with van der Waals surface area (Å²) in [4.78, 5) is 4.68. The third kappa shape index (κ3) is 4.83. The van der Waals surface area contributed by atoms with Crippen molar-refractivity contribution < 1.29 is 5.11 Å². The Bertz CT molecular complexity index is 643. The molecule has 134 valence electrons. The van der Waals surface area contributed by atoms with E-state index in [2.05, 4.69) is 42.5 Å². The van der Waals surface area contributed by atoms with Gasteiger partial charge >= 0.3 is 0 Å². The number of aliphatic hydroxyl groups excluding tert-OH is 1. The molecule has 1 aromatic heterocycles. The summed E-state index contributed by atoms with van der Waals surface area (Å²) in [6.07, 6.45) is 10.0. The van der Waals surface area contributed by atoms with Crippen molar-refractivity contribution in [3.63, 3.8) is 0 Å². The lowest BCUT2D eigenvalue weighted by molar-refractivity contribution is 0.184. The van der Waals surface area contributed by atoms with Crippen LogP contribution in [-0.4, -0.2) is 14.7 Å². The second-order valence-corrected chi connectivity index (χ2v) is 7.20. The van der Waals surface area contributed by atoms with Crippen LogP contribution in [0.1, 0.15) is 88.3 Å². The van der Waals surface area contributed by atoms with Crippen molar-refractivity contribution in [2.45, 2.75) is 91.7 Å². The maximum atomic E-state index is 10.1. The molecule has 0 aliphatic heterocycles. The Kier molecular flexibility index (Phi) is 7.29. The molecular formula is C21H34N2O. The monoisotopic (exact) mass is 330 g/mol. The molecule has 2 aromatic rings. The highest BCUT2D eigenvalue weighted by Gasteiger charge is 2.15. The fraction of sp³-hybridized carbons (Fsp3) is 0.667. The van der Waals surface area contributed by atoms with Gasteiger partial charge in [-0.3, -0.25) is 0 Å². The van der Waals surface area contributed by atoms with Crippen LogP contribution in [0.2, 0.25) is 0 Å². The Morgan fingerprint density at radius 2 is 1.54 bits per heavy atom. The lowest BCUT2D eigenvalue weighted by Crippen LogP contribution is -2.07. The van der Waals surface area contributed by atoms with E-state index in [0.29, 0.717) is 0 Å². The largest absolute Gasteiger partial charge is 0.385 e. The number of unbranched alkanes of at least 4 members (excludes halogenated alkanes) is 7. The van der Waals surface area contributed by atoms with Gasteiger partial charge < -0.3 is 9.67 Å². The van der Waals surface area contributed by atoms with Gasteiger partial charge in [0, 0.05) is 6.54 Å². The van der Waals surface area contributed by atoms with E-state index in [1.807, 2.05) is 6.92 Å². The number of aromatic nitrogens is 2. The van der Waals surface area contributed by atoms with E-state index < -0.39 is 6.10 Å². The first-order valence-corrected chi connectivity index (χ1v) is 9.70. The van der Waals surface area contributed by atoms with Gasteiger partial charge in [0.1, 0.15) is 11.9 Å². The van der Waals surface area contributed by atoms with Crippen LogP contribution in [0.3, 0.4) is 0 Å². The highest BCUT2D eigenvalue weighted by Crippen LogP contribution is 2.24. The van der Waals surface area contributed by atoms with Gasteiger partial charge in [-0.25, -0.2) is 4.98 Å². The first-order chi connectivity index (χ1) is 11.5.